The van der Waals surface area contributed by atoms with Gasteiger partial charge in [-0.25, -0.2) is 0 Å². The summed E-state index contributed by atoms with van der Waals surface area (Å²) in [6.45, 7) is 0.645. The summed E-state index contributed by atoms with van der Waals surface area (Å²) in [6.07, 6.45) is -4.46. The second-order valence-electron chi connectivity index (χ2n) is 5.70. The van der Waals surface area contributed by atoms with Crippen LogP contribution in [0.1, 0.15) is 21.8 Å². The van der Waals surface area contributed by atoms with Gasteiger partial charge in [0.2, 0.25) is 11.7 Å². The number of alkyl halides is 3. The summed E-state index contributed by atoms with van der Waals surface area (Å²) < 4.78 is 41.9. The number of hydrogen-bond donors (Lipinski definition) is 2. The molecular weight excluding hydrogens is 381 g/mol. The van der Waals surface area contributed by atoms with Crippen molar-refractivity contribution >= 4 is 22.9 Å². The molecule has 0 radical (unpaired) electrons. The Hall–Kier alpha value is -2.88. The van der Waals surface area contributed by atoms with Crippen molar-refractivity contribution in [3.8, 4) is 11.4 Å². The van der Waals surface area contributed by atoms with Gasteiger partial charge >= 0.3 is 6.18 Å². The molecule has 3 rings (SSSR count). The quantitative estimate of drug-likeness (QED) is 0.658. The molecule has 0 aliphatic heterocycles. The number of benzene rings is 1. The van der Waals surface area contributed by atoms with Crippen molar-refractivity contribution in [1.82, 2.24) is 15.5 Å². The summed E-state index contributed by atoms with van der Waals surface area (Å²) in [6, 6.07) is 6.47. The van der Waals surface area contributed by atoms with E-state index in [1.807, 2.05) is 29.1 Å². The van der Waals surface area contributed by atoms with Gasteiger partial charge in [-0.3, -0.25) is 4.79 Å². The van der Waals surface area contributed by atoms with Crippen molar-refractivity contribution < 1.29 is 22.5 Å². The second kappa shape index (κ2) is 7.78. The van der Waals surface area contributed by atoms with E-state index in [0.717, 1.165) is 11.1 Å². The van der Waals surface area contributed by atoms with Crippen LogP contribution >= 0.6 is 11.3 Å². The van der Waals surface area contributed by atoms with Crippen LogP contribution in [-0.4, -0.2) is 28.8 Å². The van der Waals surface area contributed by atoms with E-state index >= 15 is 0 Å². The van der Waals surface area contributed by atoms with Crippen LogP contribution in [0.4, 0.5) is 18.9 Å². The standard InChI is InChI=1S/C17H15F3N4O2S/c1-10-2-3-11(16(25)22-9-17(18,19)20)6-13(10)21-7-14-23-15(24-26-14)12-4-5-27-8-12/h2-6,8,21H,7,9H2,1H3,(H,22,25). The van der Waals surface area contributed by atoms with Crippen LogP contribution in [0.15, 0.2) is 39.5 Å². The fraction of sp³-hybridized carbons (Fsp3) is 0.235. The molecule has 3 aromatic rings. The number of carbonyl (C=O) groups is 1. The summed E-state index contributed by atoms with van der Waals surface area (Å²) >= 11 is 1.52. The Kier molecular flexibility index (Phi) is 5.45. The number of amides is 1. The summed E-state index contributed by atoms with van der Waals surface area (Å²) in [5, 5.41) is 12.6. The number of rotatable bonds is 6. The van der Waals surface area contributed by atoms with Gasteiger partial charge in [0.1, 0.15) is 6.54 Å². The average Bonchev–Trinajstić information content (AvgIpc) is 3.29. The van der Waals surface area contributed by atoms with Crippen molar-refractivity contribution in [3.05, 3.63) is 52.0 Å². The third-order valence-corrected chi connectivity index (χ3v) is 4.31. The van der Waals surface area contributed by atoms with Gasteiger partial charge in [0.25, 0.3) is 5.91 Å². The van der Waals surface area contributed by atoms with E-state index < -0.39 is 18.6 Å². The minimum atomic E-state index is -4.46. The molecule has 0 aliphatic carbocycles. The van der Waals surface area contributed by atoms with Crippen LogP contribution < -0.4 is 10.6 Å². The Balaban J connectivity index is 1.65. The van der Waals surface area contributed by atoms with Crippen molar-refractivity contribution in [2.24, 2.45) is 0 Å². The predicted molar refractivity (Wildman–Crippen MR) is 94.5 cm³/mol. The van der Waals surface area contributed by atoms with Crippen molar-refractivity contribution in [1.29, 1.82) is 0 Å². The second-order valence-corrected chi connectivity index (χ2v) is 6.48. The maximum Gasteiger partial charge on any atom is 0.405 e. The fourth-order valence-electron chi connectivity index (χ4n) is 2.24. The molecule has 1 aromatic carbocycles. The monoisotopic (exact) mass is 396 g/mol. The van der Waals surface area contributed by atoms with Gasteiger partial charge in [-0.2, -0.15) is 29.5 Å². The Morgan fingerprint density at radius 1 is 1.30 bits per heavy atom. The first-order valence-corrected chi connectivity index (χ1v) is 8.81. The smallest absolute Gasteiger partial charge is 0.376 e. The minimum absolute atomic E-state index is 0.122. The lowest BCUT2D eigenvalue weighted by Gasteiger charge is -2.11. The maximum absolute atomic E-state index is 12.2. The lowest BCUT2D eigenvalue weighted by Crippen LogP contribution is -2.33. The van der Waals surface area contributed by atoms with Gasteiger partial charge < -0.3 is 15.2 Å². The van der Waals surface area contributed by atoms with Gasteiger partial charge in [-0.15, -0.1) is 0 Å². The first-order valence-electron chi connectivity index (χ1n) is 7.86. The number of carbonyl (C=O) groups excluding carboxylic acids is 1. The first-order chi connectivity index (χ1) is 12.8. The largest absolute Gasteiger partial charge is 0.405 e. The molecule has 10 heteroatoms. The summed E-state index contributed by atoms with van der Waals surface area (Å²) in [7, 11) is 0. The Labute approximate surface area is 156 Å². The van der Waals surface area contributed by atoms with E-state index in [9.17, 15) is 18.0 Å². The average molecular weight is 396 g/mol. The number of hydrogen-bond acceptors (Lipinski definition) is 6. The molecule has 0 fully saturated rings. The number of nitrogens with zero attached hydrogens (tertiary/aromatic N) is 2. The van der Waals surface area contributed by atoms with Gasteiger partial charge in [-0.1, -0.05) is 11.2 Å². The van der Waals surface area contributed by atoms with E-state index in [1.165, 1.54) is 23.5 Å². The Bertz CT molecular complexity index is 923. The minimum Gasteiger partial charge on any atom is -0.376 e. The SMILES string of the molecule is Cc1ccc(C(=O)NCC(F)(F)F)cc1NCc1nc(-c2ccsc2)no1. The highest BCUT2D eigenvalue weighted by molar-refractivity contribution is 7.08. The van der Waals surface area contributed by atoms with Gasteiger partial charge in [0, 0.05) is 22.2 Å². The zero-order valence-corrected chi connectivity index (χ0v) is 14.9. The third-order valence-electron chi connectivity index (χ3n) is 3.63. The molecule has 0 atom stereocenters. The van der Waals surface area contributed by atoms with E-state index in [4.69, 9.17) is 4.52 Å². The molecule has 0 bridgehead atoms. The molecule has 0 spiro atoms. The van der Waals surface area contributed by atoms with E-state index in [2.05, 4.69) is 15.5 Å². The zero-order chi connectivity index (χ0) is 19.4. The van der Waals surface area contributed by atoms with Crippen LogP contribution in [0.5, 0.6) is 0 Å². The topological polar surface area (TPSA) is 80.0 Å². The normalized spacial score (nSPS) is 11.4. The first kappa shape index (κ1) is 18.9. The molecule has 6 nitrogen and oxygen atoms in total. The molecule has 142 valence electrons. The molecular formula is C17H15F3N4O2S. The summed E-state index contributed by atoms with van der Waals surface area (Å²) in [4.78, 5) is 16.2. The summed E-state index contributed by atoms with van der Waals surface area (Å²) in [5.74, 6) is 0.0282. The third kappa shape index (κ3) is 5.07. The molecule has 2 heterocycles. The number of thiophene rings is 1. The molecule has 2 N–H and O–H groups in total. The highest BCUT2D eigenvalue weighted by atomic mass is 32.1. The van der Waals surface area contributed by atoms with Gasteiger partial charge in [0.15, 0.2) is 0 Å². The lowest BCUT2D eigenvalue weighted by atomic mass is 10.1. The molecule has 0 saturated carbocycles. The van der Waals surface area contributed by atoms with E-state index in [-0.39, 0.29) is 12.1 Å². The van der Waals surface area contributed by atoms with Crippen LogP contribution in [0.3, 0.4) is 0 Å². The molecule has 0 saturated heterocycles. The number of halogens is 3. The maximum atomic E-state index is 12.2. The van der Waals surface area contributed by atoms with Crippen LogP contribution in [0.25, 0.3) is 11.4 Å². The number of nitrogens with one attached hydrogen (secondary N) is 2. The van der Waals surface area contributed by atoms with Crippen LogP contribution in [0.2, 0.25) is 0 Å². The molecule has 0 aliphatic rings. The molecule has 27 heavy (non-hydrogen) atoms. The van der Waals surface area contributed by atoms with Crippen LogP contribution in [-0.2, 0) is 6.54 Å². The number of aryl methyl sites for hydroxylation is 1. The zero-order valence-electron chi connectivity index (χ0n) is 14.1. The Morgan fingerprint density at radius 3 is 2.81 bits per heavy atom. The molecule has 1 amide bonds. The van der Waals surface area contributed by atoms with Gasteiger partial charge in [0.05, 0.1) is 6.54 Å². The highest BCUT2D eigenvalue weighted by Crippen LogP contribution is 2.21. The van der Waals surface area contributed by atoms with E-state index in [1.54, 1.807) is 6.07 Å². The fourth-order valence-corrected chi connectivity index (χ4v) is 2.88. The predicted octanol–water partition coefficient (Wildman–Crippen LogP) is 4.01. The number of anilines is 1. The lowest BCUT2D eigenvalue weighted by molar-refractivity contribution is -0.123. The van der Waals surface area contributed by atoms with Gasteiger partial charge in [-0.05, 0) is 36.1 Å². The Morgan fingerprint density at radius 2 is 2.11 bits per heavy atom. The van der Waals surface area contributed by atoms with Crippen molar-refractivity contribution in [2.45, 2.75) is 19.6 Å². The van der Waals surface area contributed by atoms with E-state index in [0.29, 0.717) is 17.4 Å². The molecule has 0 unspecified atom stereocenters. The van der Waals surface area contributed by atoms with Crippen molar-refractivity contribution in [2.75, 3.05) is 11.9 Å². The van der Waals surface area contributed by atoms with Crippen molar-refractivity contribution in [3.63, 3.8) is 0 Å². The van der Waals surface area contributed by atoms with Crippen LogP contribution in [0, 0.1) is 6.92 Å². The number of aromatic nitrogens is 2. The highest BCUT2D eigenvalue weighted by Gasteiger charge is 2.28. The molecule has 2 aromatic heterocycles. The summed E-state index contributed by atoms with van der Waals surface area (Å²) in [5.41, 5.74) is 2.39.